The Balaban J connectivity index is 2.33. The van der Waals surface area contributed by atoms with Gasteiger partial charge >= 0.3 is 0 Å². The Morgan fingerprint density at radius 1 is 1.23 bits per heavy atom. The summed E-state index contributed by atoms with van der Waals surface area (Å²) in [6, 6.07) is 0.553. The first-order valence-corrected chi connectivity index (χ1v) is 5.06. The highest BCUT2D eigenvalue weighted by atomic mass is 15.3. The monoisotopic (exact) mass is 184 g/mol. The summed E-state index contributed by atoms with van der Waals surface area (Å²) >= 11 is 0. The van der Waals surface area contributed by atoms with Crippen LogP contribution < -0.4 is 16.6 Å². The molecule has 4 heteroatoms. The van der Waals surface area contributed by atoms with Crippen LogP contribution in [0.25, 0.3) is 0 Å². The summed E-state index contributed by atoms with van der Waals surface area (Å²) in [6.07, 6.45) is 7.85. The molecule has 0 aliphatic heterocycles. The molecule has 1 rings (SSSR count). The molecule has 1 aliphatic rings. The van der Waals surface area contributed by atoms with Gasteiger partial charge in [-0.05, 0) is 12.8 Å². The summed E-state index contributed by atoms with van der Waals surface area (Å²) in [7, 11) is 1.74. The second-order valence-electron chi connectivity index (χ2n) is 3.55. The lowest BCUT2D eigenvalue weighted by Gasteiger charge is -2.17. The van der Waals surface area contributed by atoms with Crippen molar-refractivity contribution in [3.05, 3.63) is 0 Å². The van der Waals surface area contributed by atoms with Gasteiger partial charge in [0.15, 0.2) is 0 Å². The summed E-state index contributed by atoms with van der Waals surface area (Å²) in [4.78, 5) is 4.00. The quantitative estimate of drug-likeness (QED) is 0.185. The number of hydrogen-bond donors (Lipinski definition) is 3. The Morgan fingerprint density at radius 2 is 1.85 bits per heavy atom. The van der Waals surface area contributed by atoms with Gasteiger partial charge in [-0.15, -0.1) is 0 Å². The highest BCUT2D eigenvalue weighted by Crippen LogP contribution is 2.16. The third kappa shape index (κ3) is 3.63. The minimum absolute atomic E-state index is 0.553. The molecule has 0 spiro atoms. The van der Waals surface area contributed by atoms with Crippen molar-refractivity contribution >= 4 is 5.96 Å². The highest BCUT2D eigenvalue weighted by molar-refractivity contribution is 5.79. The van der Waals surface area contributed by atoms with Crippen molar-refractivity contribution in [1.29, 1.82) is 0 Å². The Labute approximate surface area is 80.0 Å². The number of guanidine groups is 1. The molecule has 1 saturated carbocycles. The summed E-state index contributed by atoms with van der Waals surface area (Å²) in [6.45, 7) is 0. The van der Waals surface area contributed by atoms with Crippen LogP contribution in [-0.4, -0.2) is 19.0 Å². The molecule has 0 aromatic heterocycles. The lowest BCUT2D eigenvalue weighted by Crippen LogP contribution is -2.46. The highest BCUT2D eigenvalue weighted by Gasteiger charge is 2.12. The van der Waals surface area contributed by atoms with Crippen LogP contribution in [0.4, 0.5) is 0 Å². The standard InChI is InChI=1S/C9H20N4/c1-11-9(13-10)12-8-6-4-2-3-5-7-8/h8H,2-7,10H2,1H3,(H2,11,12,13). The van der Waals surface area contributed by atoms with Crippen LogP contribution in [0.2, 0.25) is 0 Å². The van der Waals surface area contributed by atoms with Gasteiger partial charge in [-0.1, -0.05) is 25.7 Å². The van der Waals surface area contributed by atoms with Gasteiger partial charge in [-0.3, -0.25) is 10.4 Å². The maximum Gasteiger partial charge on any atom is 0.205 e. The molecule has 1 aliphatic carbocycles. The number of hydrogen-bond acceptors (Lipinski definition) is 2. The van der Waals surface area contributed by atoms with Crippen molar-refractivity contribution in [2.24, 2.45) is 10.8 Å². The molecule has 0 aromatic rings. The van der Waals surface area contributed by atoms with Crippen molar-refractivity contribution in [1.82, 2.24) is 10.7 Å². The third-order valence-corrected chi connectivity index (χ3v) is 2.56. The number of aliphatic imine (C=N–C) groups is 1. The number of nitrogens with two attached hydrogens (primary N) is 1. The van der Waals surface area contributed by atoms with E-state index in [1.165, 1.54) is 38.5 Å². The number of nitrogens with zero attached hydrogens (tertiary/aromatic N) is 1. The molecule has 0 unspecified atom stereocenters. The first-order valence-electron chi connectivity index (χ1n) is 5.06. The van der Waals surface area contributed by atoms with Gasteiger partial charge in [0.1, 0.15) is 0 Å². The minimum atomic E-state index is 0.553. The number of rotatable bonds is 1. The topological polar surface area (TPSA) is 62.4 Å². The largest absolute Gasteiger partial charge is 0.353 e. The van der Waals surface area contributed by atoms with E-state index >= 15 is 0 Å². The molecule has 4 N–H and O–H groups in total. The van der Waals surface area contributed by atoms with E-state index in [4.69, 9.17) is 5.84 Å². The molecule has 13 heavy (non-hydrogen) atoms. The van der Waals surface area contributed by atoms with Crippen molar-refractivity contribution in [3.8, 4) is 0 Å². The molecular weight excluding hydrogens is 164 g/mol. The van der Waals surface area contributed by atoms with E-state index in [2.05, 4.69) is 15.7 Å². The van der Waals surface area contributed by atoms with Crippen LogP contribution in [-0.2, 0) is 0 Å². The lowest BCUT2D eigenvalue weighted by molar-refractivity contribution is 0.525. The summed E-state index contributed by atoms with van der Waals surface area (Å²) < 4.78 is 0. The Kier molecular flexibility index (Phi) is 4.60. The van der Waals surface area contributed by atoms with Crippen molar-refractivity contribution in [3.63, 3.8) is 0 Å². The first-order chi connectivity index (χ1) is 6.36. The average Bonchev–Trinajstić information content (AvgIpc) is 2.42. The minimum Gasteiger partial charge on any atom is -0.353 e. The van der Waals surface area contributed by atoms with Gasteiger partial charge in [-0.25, -0.2) is 5.84 Å². The van der Waals surface area contributed by atoms with Crippen molar-refractivity contribution in [2.45, 2.75) is 44.6 Å². The third-order valence-electron chi connectivity index (χ3n) is 2.56. The molecule has 1 fully saturated rings. The van der Waals surface area contributed by atoms with Crippen LogP contribution in [0, 0.1) is 0 Å². The normalized spacial score (nSPS) is 20.9. The lowest BCUT2D eigenvalue weighted by atomic mass is 10.1. The predicted molar refractivity (Wildman–Crippen MR) is 55.3 cm³/mol. The first kappa shape index (κ1) is 10.3. The van der Waals surface area contributed by atoms with Crippen LogP contribution in [0.15, 0.2) is 4.99 Å². The van der Waals surface area contributed by atoms with Crippen LogP contribution in [0.5, 0.6) is 0 Å². The predicted octanol–water partition coefficient (Wildman–Crippen LogP) is 0.748. The SMILES string of the molecule is CN=C(NN)NC1CCCCCC1. The van der Waals surface area contributed by atoms with E-state index < -0.39 is 0 Å². The van der Waals surface area contributed by atoms with E-state index in [-0.39, 0.29) is 0 Å². The second-order valence-corrected chi connectivity index (χ2v) is 3.55. The van der Waals surface area contributed by atoms with E-state index in [1.807, 2.05) is 0 Å². The van der Waals surface area contributed by atoms with Crippen LogP contribution >= 0.6 is 0 Å². The summed E-state index contributed by atoms with van der Waals surface area (Å²) in [5.74, 6) is 6.00. The van der Waals surface area contributed by atoms with Gasteiger partial charge in [0.25, 0.3) is 0 Å². The fraction of sp³-hybridized carbons (Fsp3) is 0.889. The van der Waals surface area contributed by atoms with Crippen LogP contribution in [0.1, 0.15) is 38.5 Å². The number of hydrazine groups is 1. The van der Waals surface area contributed by atoms with Gasteiger partial charge in [0.2, 0.25) is 5.96 Å². The zero-order valence-corrected chi connectivity index (χ0v) is 8.34. The molecule has 76 valence electrons. The molecule has 0 radical (unpaired) electrons. The fourth-order valence-electron chi connectivity index (χ4n) is 1.79. The van der Waals surface area contributed by atoms with Gasteiger partial charge in [0.05, 0.1) is 0 Å². The van der Waals surface area contributed by atoms with E-state index in [1.54, 1.807) is 7.05 Å². The zero-order valence-electron chi connectivity index (χ0n) is 8.34. The Morgan fingerprint density at radius 3 is 2.31 bits per heavy atom. The Bertz CT molecular complexity index is 159. The van der Waals surface area contributed by atoms with E-state index in [0.29, 0.717) is 12.0 Å². The van der Waals surface area contributed by atoms with Crippen molar-refractivity contribution in [2.75, 3.05) is 7.05 Å². The maximum absolute atomic E-state index is 5.30. The van der Waals surface area contributed by atoms with Gasteiger partial charge < -0.3 is 5.32 Å². The molecule has 0 bridgehead atoms. The van der Waals surface area contributed by atoms with Crippen LogP contribution in [0.3, 0.4) is 0 Å². The zero-order chi connectivity index (χ0) is 9.52. The molecule has 0 amide bonds. The van der Waals surface area contributed by atoms with E-state index in [0.717, 1.165) is 0 Å². The maximum atomic E-state index is 5.30. The average molecular weight is 184 g/mol. The Hall–Kier alpha value is -0.770. The summed E-state index contributed by atoms with van der Waals surface area (Å²) in [5, 5.41) is 3.31. The summed E-state index contributed by atoms with van der Waals surface area (Å²) in [5.41, 5.74) is 2.56. The van der Waals surface area contributed by atoms with Gasteiger partial charge in [0, 0.05) is 13.1 Å². The molecule has 0 aromatic carbocycles. The smallest absolute Gasteiger partial charge is 0.205 e. The molecular formula is C9H20N4. The molecule has 4 nitrogen and oxygen atoms in total. The second kappa shape index (κ2) is 5.80. The number of nitrogens with one attached hydrogen (secondary N) is 2. The van der Waals surface area contributed by atoms with Crippen molar-refractivity contribution < 1.29 is 0 Å². The molecule has 0 atom stereocenters. The fourth-order valence-corrected chi connectivity index (χ4v) is 1.79. The molecule has 0 saturated heterocycles. The molecule has 0 heterocycles. The van der Waals surface area contributed by atoms with E-state index in [9.17, 15) is 0 Å². The van der Waals surface area contributed by atoms with Gasteiger partial charge in [-0.2, -0.15) is 0 Å².